The number of nitrogens with zero attached hydrogens (tertiary/aromatic N) is 1. The predicted octanol–water partition coefficient (Wildman–Crippen LogP) is 3.19. The van der Waals surface area contributed by atoms with Crippen LogP contribution in [-0.4, -0.2) is 48.3 Å². The molecule has 1 N–H and O–H groups in total. The third-order valence-corrected chi connectivity index (χ3v) is 6.20. The van der Waals surface area contributed by atoms with Crippen LogP contribution in [0.5, 0.6) is 0 Å². The van der Waals surface area contributed by atoms with Crippen LogP contribution in [0.3, 0.4) is 0 Å². The Labute approximate surface area is 130 Å². The molecular weight excluding hydrogens is 260 g/mol. The normalized spacial score (nSPS) is 35.4. The van der Waals surface area contributed by atoms with Gasteiger partial charge >= 0.3 is 0 Å². The monoisotopic (exact) mass is 294 g/mol. The van der Waals surface area contributed by atoms with Crippen molar-refractivity contribution >= 4 is 0 Å². The lowest BCUT2D eigenvalue weighted by Gasteiger charge is -2.53. The van der Waals surface area contributed by atoms with E-state index in [1.165, 1.54) is 51.5 Å². The number of hydrogen-bond donors (Lipinski definition) is 1. The van der Waals surface area contributed by atoms with Crippen molar-refractivity contribution in [3.63, 3.8) is 0 Å². The van der Waals surface area contributed by atoms with Crippen LogP contribution in [0.1, 0.15) is 65.7 Å². The molecule has 0 amide bonds. The van der Waals surface area contributed by atoms with Crippen molar-refractivity contribution in [2.24, 2.45) is 5.92 Å². The molecule has 0 radical (unpaired) electrons. The standard InChI is InChI=1S/C18H34N2O/c1-14(2)16-12-19-18(9-5-4-6-10-18)13-20(16)15(3)17-8-7-11-21-17/h14-17,19H,4-13H2,1-3H3. The lowest BCUT2D eigenvalue weighted by atomic mass is 9.78. The molecule has 3 unspecified atom stereocenters. The maximum absolute atomic E-state index is 6.01. The van der Waals surface area contributed by atoms with E-state index in [0.717, 1.165) is 13.2 Å². The van der Waals surface area contributed by atoms with Crippen LogP contribution in [0.2, 0.25) is 0 Å². The first kappa shape index (κ1) is 15.8. The summed E-state index contributed by atoms with van der Waals surface area (Å²) >= 11 is 0. The molecule has 3 rings (SSSR count). The minimum absolute atomic E-state index is 0.399. The molecule has 1 spiro atoms. The summed E-state index contributed by atoms with van der Waals surface area (Å²) < 4.78 is 6.01. The molecule has 2 saturated heterocycles. The van der Waals surface area contributed by atoms with E-state index in [1.54, 1.807) is 0 Å². The Hall–Kier alpha value is -0.120. The van der Waals surface area contributed by atoms with Gasteiger partial charge in [-0.15, -0.1) is 0 Å². The van der Waals surface area contributed by atoms with Gasteiger partial charge in [0.15, 0.2) is 0 Å². The first-order chi connectivity index (χ1) is 10.1. The number of piperazine rings is 1. The summed E-state index contributed by atoms with van der Waals surface area (Å²) in [5, 5.41) is 3.96. The molecule has 1 aliphatic carbocycles. The van der Waals surface area contributed by atoms with Crippen LogP contribution in [0.15, 0.2) is 0 Å². The third-order valence-electron chi connectivity index (χ3n) is 6.20. The van der Waals surface area contributed by atoms with Crippen molar-refractivity contribution in [1.82, 2.24) is 10.2 Å². The van der Waals surface area contributed by atoms with E-state index in [4.69, 9.17) is 4.74 Å². The topological polar surface area (TPSA) is 24.5 Å². The Balaban J connectivity index is 1.74. The van der Waals surface area contributed by atoms with E-state index in [-0.39, 0.29) is 0 Å². The van der Waals surface area contributed by atoms with Crippen molar-refractivity contribution in [1.29, 1.82) is 0 Å². The van der Waals surface area contributed by atoms with E-state index in [2.05, 4.69) is 31.0 Å². The summed E-state index contributed by atoms with van der Waals surface area (Å²) in [6.07, 6.45) is 9.94. The molecule has 1 saturated carbocycles. The number of rotatable bonds is 3. The van der Waals surface area contributed by atoms with Crippen molar-refractivity contribution < 1.29 is 4.74 Å². The summed E-state index contributed by atoms with van der Waals surface area (Å²) in [5.41, 5.74) is 0.399. The largest absolute Gasteiger partial charge is 0.377 e. The number of ether oxygens (including phenoxy) is 1. The molecule has 21 heavy (non-hydrogen) atoms. The maximum Gasteiger partial charge on any atom is 0.0728 e. The molecule has 2 aliphatic heterocycles. The summed E-state index contributed by atoms with van der Waals surface area (Å²) in [4.78, 5) is 2.81. The summed E-state index contributed by atoms with van der Waals surface area (Å²) in [5.74, 6) is 0.710. The van der Waals surface area contributed by atoms with Gasteiger partial charge in [0.05, 0.1) is 6.10 Å². The zero-order valence-electron chi connectivity index (χ0n) is 14.2. The molecule has 0 aromatic rings. The van der Waals surface area contributed by atoms with Crippen LogP contribution >= 0.6 is 0 Å². The second kappa shape index (κ2) is 6.55. The van der Waals surface area contributed by atoms with Gasteiger partial charge in [0, 0.05) is 37.3 Å². The highest BCUT2D eigenvalue weighted by molar-refractivity contribution is 5.02. The first-order valence-electron chi connectivity index (χ1n) is 9.24. The van der Waals surface area contributed by atoms with Gasteiger partial charge in [0.25, 0.3) is 0 Å². The fourth-order valence-corrected chi connectivity index (χ4v) is 4.79. The highest BCUT2D eigenvalue weighted by atomic mass is 16.5. The fourth-order valence-electron chi connectivity index (χ4n) is 4.79. The van der Waals surface area contributed by atoms with Gasteiger partial charge in [-0.3, -0.25) is 4.90 Å². The smallest absolute Gasteiger partial charge is 0.0728 e. The Morgan fingerprint density at radius 1 is 1.10 bits per heavy atom. The zero-order valence-corrected chi connectivity index (χ0v) is 14.2. The van der Waals surface area contributed by atoms with Crippen molar-refractivity contribution in [3.8, 4) is 0 Å². The molecule has 0 aromatic carbocycles. The molecule has 122 valence electrons. The number of hydrogen-bond acceptors (Lipinski definition) is 3. The van der Waals surface area contributed by atoms with Crippen LogP contribution in [-0.2, 0) is 4.74 Å². The van der Waals surface area contributed by atoms with Gasteiger partial charge in [0.1, 0.15) is 0 Å². The van der Waals surface area contributed by atoms with Gasteiger partial charge in [0.2, 0.25) is 0 Å². The summed E-state index contributed by atoms with van der Waals surface area (Å²) in [6.45, 7) is 10.5. The zero-order chi connectivity index (χ0) is 14.9. The average molecular weight is 294 g/mol. The van der Waals surface area contributed by atoms with E-state index in [1.807, 2.05) is 0 Å². The maximum atomic E-state index is 6.01. The molecule has 3 heteroatoms. The van der Waals surface area contributed by atoms with Gasteiger partial charge in [-0.25, -0.2) is 0 Å². The van der Waals surface area contributed by atoms with Gasteiger partial charge < -0.3 is 10.1 Å². The van der Waals surface area contributed by atoms with E-state index in [0.29, 0.717) is 29.6 Å². The Morgan fingerprint density at radius 2 is 1.86 bits per heavy atom. The first-order valence-corrected chi connectivity index (χ1v) is 9.24. The Morgan fingerprint density at radius 3 is 2.48 bits per heavy atom. The molecule has 3 fully saturated rings. The average Bonchev–Trinajstić information content (AvgIpc) is 3.01. The minimum Gasteiger partial charge on any atom is -0.377 e. The number of nitrogens with one attached hydrogen (secondary N) is 1. The molecule has 2 heterocycles. The molecule has 3 aliphatic rings. The summed E-state index contributed by atoms with van der Waals surface area (Å²) in [7, 11) is 0. The van der Waals surface area contributed by atoms with Crippen molar-refractivity contribution in [2.75, 3.05) is 19.7 Å². The molecule has 0 bridgehead atoms. The Kier molecular flexibility index (Phi) is 4.92. The SMILES string of the molecule is CC(C)C1CNC2(CCCCC2)CN1C(C)C1CCCO1. The van der Waals surface area contributed by atoms with Gasteiger partial charge in [-0.1, -0.05) is 33.1 Å². The van der Waals surface area contributed by atoms with Crippen LogP contribution in [0.25, 0.3) is 0 Å². The van der Waals surface area contributed by atoms with Crippen LogP contribution in [0, 0.1) is 5.92 Å². The fraction of sp³-hybridized carbons (Fsp3) is 1.00. The van der Waals surface area contributed by atoms with Crippen LogP contribution < -0.4 is 5.32 Å². The van der Waals surface area contributed by atoms with E-state index < -0.39 is 0 Å². The highest BCUT2D eigenvalue weighted by Gasteiger charge is 2.43. The second-order valence-corrected chi connectivity index (χ2v) is 8.00. The van der Waals surface area contributed by atoms with Crippen molar-refractivity contribution in [3.05, 3.63) is 0 Å². The summed E-state index contributed by atoms with van der Waals surface area (Å²) in [6, 6.07) is 1.23. The molecule has 3 atom stereocenters. The molecule has 0 aromatic heterocycles. The lowest BCUT2D eigenvalue weighted by Crippen LogP contribution is -2.68. The third kappa shape index (κ3) is 3.30. The van der Waals surface area contributed by atoms with Gasteiger partial charge in [-0.2, -0.15) is 0 Å². The van der Waals surface area contributed by atoms with E-state index >= 15 is 0 Å². The van der Waals surface area contributed by atoms with E-state index in [9.17, 15) is 0 Å². The molecule has 3 nitrogen and oxygen atoms in total. The van der Waals surface area contributed by atoms with Crippen molar-refractivity contribution in [2.45, 2.75) is 89.4 Å². The second-order valence-electron chi connectivity index (χ2n) is 8.00. The Bertz CT molecular complexity index is 332. The highest BCUT2D eigenvalue weighted by Crippen LogP contribution is 2.35. The minimum atomic E-state index is 0.399. The van der Waals surface area contributed by atoms with Crippen LogP contribution in [0.4, 0.5) is 0 Å². The quantitative estimate of drug-likeness (QED) is 0.865. The lowest BCUT2D eigenvalue weighted by molar-refractivity contribution is -0.0396. The predicted molar refractivity (Wildman–Crippen MR) is 87.6 cm³/mol. The van der Waals surface area contributed by atoms with Gasteiger partial charge in [-0.05, 0) is 38.5 Å². The molecular formula is C18H34N2O.